The number of carbonyl (C=O) groups excluding carboxylic acids is 3. The summed E-state index contributed by atoms with van der Waals surface area (Å²) in [5.41, 5.74) is 0. The van der Waals surface area contributed by atoms with Crippen molar-refractivity contribution in [3.05, 3.63) is 158 Å². The molecule has 0 bridgehead atoms. The fourth-order valence-corrected chi connectivity index (χ4v) is 8.19. The smallest absolute Gasteiger partial charge is 0.462 e. The van der Waals surface area contributed by atoms with Crippen molar-refractivity contribution in [1.82, 2.24) is 0 Å². The van der Waals surface area contributed by atoms with E-state index in [1.807, 2.05) is 18.2 Å². The molecule has 11 nitrogen and oxygen atoms in total. The summed E-state index contributed by atoms with van der Waals surface area (Å²) < 4.78 is 39.4. The number of aliphatic hydroxyl groups is 1. The Bertz CT molecular complexity index is 1950. The molecule has 12 heteroatoms. The van der Waals surface area contributed by atoms with Gasteiger partial charge in [0, 0.05) is 12.8 Å². The SMILES string of the molecule is CC/C=C\C/C=C\C/C=C\C/C=C\C/C=C\CCCCCC(=O)OCC(COP(=O)(O)OCC(CO)OC(=O)C/C=C\C/C=C\C/C=C\C/C=C\C/C=C\CC)OC(=O)CCCCCCCC/C=C\C/C=C\C/C=C\CCCCC. The molecule has 80 heavy (non-hydrogen) atoms. The van der Waals surface area contributed by atoms with Crippen LogP contribution >= 0.6 is 7.82 Å². The summed E-state index contributed by atoms with van der Waals surface area (Å²) in [5, 5.41) is 9.81. The van der Waals surface area contributed by atoms with Gasteiger partial charge in [-0.15, -0.1) is 0 Å². The van der Waals surface area contributed by atoms with Gasteiger partial charge in [0.25, 0.3) is 0 Å². The third-order valence-corrected chi connectivity index (χ3v) is 12.9. The van der Waals surface area contributed by atoms with Crippen molar-refractivity contribution in [1.29, 1.82) is 0 Å². The Hall–Kier alpha value is -4.90. The van der Waals surface area contributed by atoms with Crippen molar-refractivity contribution >= 4 is 25.7 Å². The average Bonchev–Trinajstić information content (AvgIpc) is 3.45. The van der Waals surface area contributed by atoms with Gasteiger partial charge in [0.2, 0.25) is 0 Å². The largest absolute Gasteiger partial charge is 0.472 e. The predicted molar refractivity (Wildman–Crippen MR) is 334 cm³/mol. The number of carbonyl (C=O) groups is 3. The molecule has 2 N–H and O–H groups in total. The third-order valence-electron chi connectivity index (χ3n) is 11.9. The molecule has 0 rings (SSSR count). The zero-order valence-corrected chi connectivity index (χ0v) is 50.6. The normalized spacial score (nSPS) is 14.4. The maximum absolute atomic E-state index is 12.9. The lowest BCUT2D eigenvalue weighted by atomic mass is 10.1. The van der Waals surface area contributed by atoms with Crippen molar-refractivity contribution in [2.75, 3.05) is 26.4 Å². The van der Waals surface area contributed by atoms with E-state index in [2.05, 4.69) is 154 Å². The van der Waals surface area contributed by atoms with Gasteiger partial charge in [-0.25, -0.2) is 4.57 Å². The molecule has 3 unspecified atom stereocenters. The van der Waals surface area contributed by atoms with Crippen LogP contribution in [0.25, 0.3) is 0 Å². The Balaban J connectivity index is 4.91. The van der Waals surface area contributed by atoms with Crippen LogP contribution in [-0.2, 0) is 42.2 Å². The minimum Gasteiger partial charge on any atom is -0.462 e. The molecule has 450 valence electrons. The maximum atomic E-state index is 12.9. The van der Waals surface area contributed by atoms with E-state index in [0.717, 1.165) is 128 Å². The molecule has 0 aliphatic rings. The molecule has 0 saturated carbocycles. The van der Waals surface area contributed by atoms with Gasteiger partial charge >= 0.3 is 25.7 Å². The van der Waals surface area contributed by atoms with Crippen LogP contribution in [0.1, 0.15) is 213 Å². The molecule has 0 spiro atoms. The molecular formula is C68H107O11P. The van der Waals surface area contributed by atoms with Gasteiger partial charge in [-0.3, -0.25) is 23.4 Å². The first-order valence-electron chi connectivity index (χ1n) is 30.4. The molecule has 0 aliphatic carbocycles. The van der Waals surface area contributed by atoms with E-state index in [1.54, 1.807) is 6.08 Å². The second-order valence-electron chi connectivity index (χ2n) is 19.4. The standard InChI is InChI=1S/C68H107O11P/c1-4-7-10-13-16-19-22-25-28-30-32-34-37-39-42-45-48-51-54-57-66(70)75-61-65(79-68(72)59-56-53-50-47-44-41-38-35-33-31-29-26-23-20-17-14-11-8-5-2)63-77-80(73,74)76-62-64(60-69)78-67(71)58-55-52-49-46-43-40-36-27-24-21-18-15-12-9-6-3/h7,9-10,12,16-21,25-29,32-36,39,42-43,46,52,55,64-65,69H,4-6,8,11,13-15,22-24,30-31,37-38,40-41,44-45,47-51,53-54,56-63H2,1-3H3,(H,73,74)/b10-7-,12-9-,19-16-,20-17-,21-18-,28-25-,29-26-,34-32-,35-33-,36-27-,42-39-,46-43-,55-52-. The molecule has 0 saturated heterocycles. The molecule has 0 radical (unpaired) electrons. The summed E-state index contributed by atoms with van der Waals surface area (Å²) in [5.74, 6) is -1.67. The number of hydrogen-bond donors (Lipinski definition) is 2. The van der Waals surface area contributed by atoms with Crippen LogP contribution in [-0.4, -0.2) is 66.5 Å². The van der Waals surface area contributed by atoms with Crippen molar-refractivity contribution in [2.45, 2.75) is 226 Å². The van der Waals surface area contributed by atoms with E-state index < -0.39 is 57.8 Å². The van der Waals surface area contributed by atoms with Crippen LogP contribution in [0, 0.1) is 0 Å². The molecule has 0 fully saturated rings. The summed E-state index contributed by atoms with van der Waals surface area (Å²) in [6, 6.07) is 0. The number of phosphoric ester groups is 1. The number of hydrogen-bond acceptors (Lipinski definition) is 10. The fraction of sp³-hybridized carbons (Fsp3) is 0.574. The monoisotopic (exact) mass is 1130 g/mol. The second kappa shape index (κ2) is 60.2. The molecule has 0 aromatic heterocycles. The lowest BCUT2D eigenvalue weighted by molar-refractivity contribution is -0.161. The van der Waals surface area contributed by atoms with Crippen LogP contribution in [0.5, 0.6) is 0 Å². The molecule has 0 aromatic carbocycles. The molecule has 0 aromatic rings. The highest BCUT2D eigenvalue weighted by Crippen LogP contribution is 2.43. The van der Waals surface area contributed by atoms with Crippen molar-refractivity contribution in [3.63, 3.8) is 0 Å². The Morgan fingerprint density at radius 2 is 0.700 bits per heavy atom. The number of unbranched alkanes of at least 4 members (excludes halogenated alkanes) is 12. The first kappa shape index (κ1) is 75.1. The second-order valence-corrected chi connectivity index (χ2v) is 20.9. The van der Waals surface area contributed by atoms with E-state index in [4.69, 9.17) is 23.3 Å². The lowest BCUT2D eigenvalue weighted by Gasteiger charge is -2.21. The van der Waals surface area contributed by atoms with Crippen LogP contribution in [0.15, 0.2) is 158 Å². The molecule has 0 amide bonds. The lowest BCUT2D eigenvalue weighted by Crippen LogP contribution is -2.30. The first-order valence-corrected chi connectivity index (χ1v) is 31.9. The number of allylic oxidation sites excluding steroid dienone is 25. The van der Waals surface area contributed by atoms with E-state index in [1.165, 1.54) is 25.7 Å². The van der Waals surface area contributed by atoms with Crippen LogP contribution < -0.4 is 0 Å². The van der Waals surface area contributed by atoms with Gasteiger partial charge in [0.05, 0.1) is 26.2 Å². The summed E-state index contributed by atoms with van der Waals surface area (Å²) in [4.78, 5) is 48.6. The van der Waals surface area contributed by atoms with Crippen LogP contribution in [0.4, 0.5) is 0 Å². The van der Waals surface area contributed by atoms with E-state index in [0.29, 0.717) is 19.3 Å². The number of phosphoric acid groups is 1. The van der Waals surface area contributed by atoms with Crippen molar-refractivity contribution < 1.29 is 52.2 Å². The number of esters is 3. The van der Waals surface area contributed by atoms with Gasteiger partial charge in [-0.2, -0.15) is 0 Å². The predicted octanol–water partition coefficient (Wildman–Crippen LogP) is 18.5. The molecule has 0 heterocycles. The zero-order valence-electron chi connectivity index (χ0n) is 49.7. The topological polar surface area (TPSA) is 155 Å². The van der Waals surface area contributed by atoms with E-state index in [9.17, 15) is 28.9 Å². The van der Waals surface area contributed by atoms with E-state index in [-0.39, 0.29) is 25.9 Å². The van der Waals surface area contributed by atoms with Gasteiger partial charge in [-0.1, -0.05) is 224 Å². The van der Waals surface area contributed by atoms with Crippen LogP contribution in [0.2, 0.25) is 0 Å². The minimum absolute atomic E-state index is 0.0669. The Kier molecular flexibility index (Phi) is 56.5. The fourth-order valence-electron chi connectivity index (χ4n) is 7.40. The zero-order chi connectivity index (χ0) is 58.3. The molecule has 3 atom stereocenters. The van der Waals surface area contributed by atoms with Gasteiger partial charge in [0.15, 0.2) is 6.10 Å². The summed E-state index contributed by atoms with van der Waals surface area (Å²) in [6.07, 6.45) is 79.4. The highest BCUT2D eigenvalue weighted by molar-refractivity contribution is 7.47. The van der Waals surface area contributed by atoms with Gasteiger partial charge in [-0.05, 0) is 128 Å². The minimum atomic E-state index is -4.80. The summed E-state index contributed by atoms with van der Waals surface area (Å²) in [6.45, 7) is 4.21. The van der Waals surface area contributed by atoms with Crippen molar-refractivity contribution in [3.8, 4) is 0 Å². The van der Waals surface area contributed by atoms with Gasteiger partial charge < -0.3 is 24.2 Å². The maximum Gasteiger partial charge on any atom is 0.472 e. The Morgan fingerprint density at radius 1 is 0.375 bits per heavy atom. The quantitative estimate of drug-likeness (QED) is 0.0197. The number of ether oxygens (including phenoxy) is 3. The molecular weight excluding hydrogens is 1020 g/mol. The Morgan fingerprint density at radius 3 is 1.11 bits per heavy atom. The number of rotatable bonds is 54. The highest BCUT2D eigenvalue weighted by Gasteiger charge is 2.28. The average molecular weight is 1130 g/mol. The highest BCUT2D eigenvalue weighted by atomic mass is 31.2. The summed E-state index contributed by atoms with van der Waals surface area (Å²) in [7, 11) is -4.80. The van der Waals surface area contributed by atoms with Crippen LogP contribution in [0.3, 0.4) is 0 Å². The Labute approximate surface area is 485 Å². The van der Waals surface area contributed by atoms with E-state index >= 15 is 0 Å². The number of aliphatic hydroxyl groups excluding tert-OH is 1. The third kappa shape index (κ3) is 57.8. The molecule has 0 aliphatic heterocycles. The van der Waals surface area contributed by atoms with Gasteiger partial charge in [0.1, 0.15) is 12.7 Å². The summed E-state index contributed by atoms with van der Waals surface area (Å²) >= 11 is 0. The first-order chi connectivity index (χ1) is 39.2. The van der Waals surface area contributed by atoms with Crippen molar-refractivity contribution in [2.24, 2.45) is 0 Å².